The van der Waals surface area contributed by atoms with Crippen LogP contribution in [0, 0.1) is 0 Å². The van der Waals surface area contributed by atoms with Crippen LogP contribution in [-0.4, -0.2) is 10.4 Å². The number of hydrogen-bond donors (Lipinski definition) is 0. The Kier molecular flexibility index (Phi) is 4.35. The number of nitrogens with zero attached hydrogens (tertiary/aromatic N) is 2. The van der Waals surface area contributed by atoms with E-state index in [0.717, 1.165) is 16.7 Å². The highest BCUT2D eigenvalue weighted by atomic mass is 35.5. The third-order valence-corrected chi connectivity index (χ3v) is 7.02. The second-order valence-corrected chi connectivity index (χ2v) is 9.13. The number of carbonyl (C=O) groups excluding carboxylic acids is 1. The molecular weight excluding hydrogens is 440 g/mol. The number of halogens is 1. The standard InChI is InChI=1S/C26H15ClN2O2S/c27-17-12-10-15(11-13-17)14-20-25(31)29-23(16-6-2-1-3-7-16)21-22(28-26(29)32-20)18-8-4-5-9-19(18)24(21)30/h1-14,23H/b20-14-. The highest BCUT2D eigenvalue weighted by Crippen LogP contribution is 2.42. The van der Waals surface area contributed by atoms with Crippen molar-refractivity contribution in [2.24, 2.45) is 4.99 Å². The molecule has 4 nitrogen and oxygen atoms in total. The van der Waals surface area contributed by atoms with Crippen LogP contribution in [0.2, 0.25) is 5.02 Å². The van der Waals surface area contributed by atoms with Crippen LogP contribution < -0.4 is 14.9 Å². The number of thiazole rings is 1. The summed E-state index contributed by atoms with van der Waals surface area (Å²) in [6.45, 7) is 0. The van der Waals surface area contributed by atoms with Gasteiger partial charge in [0, 0.05) is 16.1 Å². The van der Waals surface area contributed by atoms with Crippen molar-refractivity contribution in [1.82, 2.24) is 4.57 Å². The maximum Gasteiger partial charge on any atom is 0.271 e. The molecular formula is C26H15ClN2O2S. The molecule has 154 valence electrons. The monoisotopic (exact) mass is 454 g/mol. The quantitative estimate of drug-likeness (QED) is 0.455. The van der Waals surface area contributed by atoms with Gasteiger partial charge in [-0.05, 0) is 29.3 Å². The molecule has 1 aromatic heterocycles. The van der Waals surface area contributed by atoms with Crippen molar-refractivity contribution in [1.29, 1.82) is 0 Å². The molecule has 32 heavy (non-hydrogen) atoms. The summed E-state index contributed by atoms with van der Waals surface area (Å²) in [6, 6.07) is 24.0. The van der Waals surface area contributed by atoms with E-state index in [1.54, 1.807) is 16.7 Å². The Hall–Kier alpha value is -3.54. The van der Waals surface area contributed by atoms with Gasteiger partial charge in [-0.1, -0.05) is 89.7 Å². The van der Waals surface area contributed by atoms with Gasteiger partial charge in [-0.25, -0.2) is 4.99 Å². The number of aromatic nitrogens is 1. The molecule has 2 aliphatic rings. The predicted octanol–water partition coefficient (Wildman–Crippen LogP) is 4.22. The fourth-order valence-electron chi connectivity index (χ4n) is 4.34. The van der Waals surface area contributed by atoms with Crippen molar-refractivity contribution >= 4 is 40.5 Å². The van der Waals surface area contributed by atoms with Gasteiger partial charge in [0.2, 0.25) is 0 Å². The van der Waals surface area contributed by atoms with Crippen molar-refractivity contribution < 1.29 is 4.79 Å². The van der Waals surface area contributed by atoms with Gasteiger partial charge in [0.15, 0.2) is 10.6 Å². The second kappa shape index (κ2) is 7.26. The third kappa shape index (κ3) is 2.86. The number of allylic oxidation sites excluding steroid dienone is 1. The minimum absolute atomic E-state index is 0.0693. The molecule has 6 rings (SSSR count). The number of ketones is 1. The van der Waals surface area contributed by atoms with Crippen LogP contribution in [0.15, 0.2) is 94.2 Å². The summed E-state index contributed by atoms with van der Waals surface area (Å²) in [5.74, 6) is -0.0693. The summed E-state index contributed by atoms with van der Waals surface area (Å²) >= 11 is 7.33. The van der Waals surface area contributed by atoms with Gasteiger partial charge in [-0.3, -0.25) is 14.2 Å². The van der Waals surface area contributed by atoms with Gasteiger partial charge in [0.25, 0.3) is 5.56 Å². The Balaban J connectivity index is 1.64. The topological polar surface area (TPSA) is 51.4 Å². The van der Waals surface area contributed by atoms with E-state index >= 15 is 0 Å². The van der Waals surface area contributed by atoms with Gasteiger partial charge < -0.3 is 0 Å². The van der Waals surface area contributed by atoms with Crippen molar-refractivity contribution in [3.63, 3.8) is 0 Å². The number of fused-ring (bicyclic) bond motifs is 3. The van der Waals surface area contributed by atoms with Crippen molar-refractivity contribution in [3.05, 3.63) is 131 Å². The average molecular weight is 455 g/mol. The maximum atomic E-state index is 13.6. The zero-order valence-corrected chi connectivity index (χ0v) is 18.2. The van der Waals surface area contributed by atoms with E-state index in [0.29, 0.717) is 31.2 Å². The molecule has 0 bridgehead atoms. The number of rotatable bonds is 2. The molecule has 1 atom stereocenters. The molecule has 0 fully saturated rings. The molecule has 0 amide bonds. The molecule has 0 saturated carbocycles. The molecule has 0 radical (unpaired) electrons. The highest BCUT2D eigenvalue weighted by molar-refractivity contribution is 7.07. The van der Waals surface area contributed by atoms with Crippen LogP contribution in [0.4, 0.5) is 0 Å². The van der Waals surface area contributed by atoms with Crippen LogP contribution in [0.3, 0.4) is 0 Å². The SMILES string of the molecule is O=C1C2=C(N=c3s/c(=C\c4ccc(Cl)cc4)c(=O)n3C2c2ccccc2)c2ccccc21. The molecule has 0 spiro atoms. The van der Waals surface area contributed by atoms with Gasteiger partial charge in [0.1, 0.15) is 0 Å². The minimum Gasteiger partial charge on any atom is -0.289 e. The van der Waals surface area contributed by atoms with Crippen LogP contribution in [0.5, 0.6) is 0 Å². The van der Waals surface area contributed by atoms with Crippen molar-refractivity contribution in [2.45, 2.75) is 6.04 Å². The molecule has 1 unspecified atom stereocenters. The first kappa shape index (κ1) is 19.2. The van der Waals surface area contributed by atoms with Gasteiger partial charge in [-0.15, -0.1) is 0 Å². The van der Waals surface area contributed by atoms with Crippen molar-refractivity contribution in [2.75, 3.05) is 0 Å². The van der Waals surface area contributed by atoms with E-state index < -0.39 is 6.04 Å². The maximum absolute atomic E-state index is 13.6. The first-order chi connectivity index (χ1) is 15.6. The predicted molar refractivity (Wildman–Crippen MR) is 127 cm³/mol. The van der Waals surface area contributed by atoms with Gasteiger partial charge >= 0.3 is 0 Å². The summed E-state index contributed by atoms with van der Waals surface area (Å²) in [6.07, 6.45) is 1.84. The van der Waals surface area contributed by atoms with E-state index in [1.165, 1.54) is 11.3 Å². The fourth-order valence-corrected chi connectivity index (χ4v) is 5.46. The number of benzene rings is 3. The first-order valence-corrected chi connectivity index (χ1v) is 11.3. The lowest BCUT2D eigenvalue weighted by Gasteiger charge is -2.22. The molecule has 4 aromatic rings. The largest absolute Gasteiger partial charge is 0.289 e. The molecule has 2 heterocycles. The molecule has 1 aliphatic heterocycles. The average Bonchev–Trinajstić information content (AvgIpc) is 3.29. The lowest BCUT2D eigenvalue weighted by Crippen LogP contribution is -2.38. The first-order valence-electron chi connectivity index (χ1n) is 10.1. The summed E-state index contributed by atoms with van der Waals surface area (Å²) in [4.78, 5) is 32.4. The van der Waals surface area contributed by atoms with Gasteiger partial charge in [-0.2, -0.15) is 0 Å². The van der Waals surface area contributed by atoms with Crippen molar-refractivity contribution in [3.8, 4) is 0 Å². The van der Waals surface area contributed by atoms with E-state index in [-0.39, 0.29) is 11.3 Å². The Morgan fingerprint density at radius 2 is 1.56 bits per heavy atom. The Bertz CT molecular complexity index is 1610. The molecule has 1 aliphatic carbocycles. The number of Topliss-reactive ketones (excluding diaryl/α,β-unsaturated/α-hetero) is 1. The van der Waals surface area contributed by atoms with E-state index in [2.05, 4.69) is 0 Å². The summed E-state index contributed by atoms with van der Waals surface area (Å²) < 4.78 is 2.22. The second-order valence-electron chi connectivity index (χ2n) is 7.68. The van der Waals surface area contributed by atoms with Gasteiger partial charge in [0.05, 0.1) is 21.8 Å². The highest BCUT2D eigenvalue weighted by Gasteiger charge is 2.39. The van der Waals surface area contributed by atoms with E-state index in [4.69, 9.17) is 16.6 Å². The molecule has 3 aromatic carbocycles. The third-order valence-electron chi connectivity index (χ3n) is 5.79. The number of carbonyl (C=O) groups is 1. The Labute approximate surface area is 192 Å². The van der Waals surface area contributed by atoms with Crippen LogP contribution >= 0.6 is 22.9 Å². The van der Waals surface area contributed by atoms with E-state index in [1.807, 2.05) is 72.8 Å². The summed E-state index contributed by atoms with van der Waals surface area (Å²) in [7, 11) is 0. The van der Waals surface area contributed by atoms with Crippen LogP contribution in [-0.2, 0) is 0 Å². The van der Waals surface area contributed by atoms with E-state index in [9.17, 15) is 9.59 Å². The summed E-state index contributed by atoms with van der Waals surface area (Å²) in [5.41, 5.74) is 4.29. The van der Waals surface area contributed by atoms with Crippen LogP contribution in [0.1, 0.15) is 33.1 Å². The molecule has 0 saturated heterocycles. The number of hydrogen-bond acceptors (Lipinski definition) is 4. The zero-order valence-electron chi connectivity index (χ0n) is 16.7. The fraction of sp³-hybridized carbons (Fsp3) is 0.0385. The smallest absolute Gasteiger partial charge is 0.271 e. The molecule has 6 heteroatoms. The van der Waals surface area contributed by atoms with Crippen LogP contribution in [0.25, 0.3) is 11.8 Å². The summed E-state index contributed by atoms with van der Waals surface area (Å²) in [5, 5.41) is 0.640. The lowest BCUT2D eigenvalue weighted by molar-refractivity contribution is 0.102. The minimum atomic E-state index is -0.519. The zero-order chi connectivity index (χ0) is 21.8. The molecule has 0 N–H and O–H groups in total. The normalized spacial score (nSPS) is 17.1. The Morgan fingerprint density at radius 3 is 2.31 bits per heavy atom. The Morgan fingerprint density at radius 1 is 0.875 bits per heavy atom. The lowest BCUT2D eigenvalue weighted by atomic mass is 9.94.